The van der Waals surface area contributed by atoms with Gasteiger partial charge in [0.1, 0.15) is 17.9 Å². The van der Waals surface area contributed by atoms with Crippen LogP contribution in [0.15, 0.2) is 53.7 Å². The summed E-state index contributed by atoms with van der Waals surface area (Å²) in [6.45, 7) is 2.07. The molecule has 1 saturated heterocycles. The third-order valence-electron chi connectivity index (χ3n) is 6.55. The van der Waals surface area contributed by atoms with Gasteiger partial charge in [0.05, 0.1) is 17.6 Å². The van der Waals surface area contributed by atoms with Gasteiger partial charge in [0.25, 0.3) is 11.5 Å². The van der Waals surface area contributed by atoms with Gasteiger partial charge in [-0.3, -0.25) is 9.36 Å². The molecular formula is C27H25ClF3N5O2. The average molecular weight is 544 g/mol. The Kier molecular flexibility index (Phi) is 6.89. The number of hydrogen-bond donors (Lipinski definition) is 2. The van der Waals surface area contributed by atoms with Crippen LogP contribution in [0.5, 0.6) is 5.75 Å². The Bertz CT molecular complexity index is 1550. The van der Waals surface area contributed by atoms with E-state index in [1.807, 2.05) is 24.0 Å². The van der Waals surface area contributed by atoms with Crippen LogP contribution in [0.1, 0.15) is 17.5 Å². The minimum Gasteiger partial charge on any atom is -0.508 e. The van der Waals surface area contributed by atoms with Gasteiger partial charge in [-0.15, -0.1) is 0 Å². The number of hydrogen-bond acceptors (Lipinski definition) is 6. The van der Waals surface area contributed by atoms with E-state index in [0.717, 1.165) is 27.8 Å². The number of rotatable bonds is 6. The van der Waals surface area contributed by atoms with Crippen LogP contribution in [0.2, 0.25) is 5.02 Å². The van der Waals surface area contributed by atoms with Crippen LogP contribution in [0.25, 0.3) is 27.8 Å². The first-order chi connectivity index (χ1) is 18.0. The number of aromatic hydroxyl groups is 1. The quantitative estimate of drug-likeness (QED) is 0.367. The largest absolute Gasteiger partial charge is 0.508 e. The summed E-state index contributed by atoms with van der Waals surface area (Å²) >= 11 is 6.34. The van der Waals surface area contributed by atoms with Gasteiger partial charge in [-0.2, -0.15) is 0 Å². The van der Waals surface area contributed by atoms with Crippen LogP contribution in [-0.4, -0.2) is 56.6 Å². The summed E-state index contributed by atoms with van der Waals surface area (Å²) in [5.74, 6) is -3.81. The van der Waals surface area contributed by atoms with Crippen LogP contribution in [-0.2, 0) is 6.54 Å². The van der Waals surface area contributed by atoms with E-state index >= 15 is 0 Å². The molecule has 1 atom stereocenters. The molecule has 1 aliphatic rings. The van der Waals surface area contributed by atoms with Crippen molar-refractivity contribution < 1.29 is 18.3 Å². The van der Waals surface area contributed by atoms with Crippen molar-refractivity contribution in [3.05, 3.63) is 81.2 Å². The SMILES string of the molecule is Cc1cc(Cl)cc(-c2cnc3ncn(-c4cc(O)cc(F)c4)c(=O)c3c2CN(C)C[C@@H]2CC(F)(F)CN2)c1. The van der Waals surface area contributed by atoms with Crippen molar-refractivity contribution in [3.63, 3.8) is 0 Å². The molecule has 2 aromatic heterocycles. The van der Waals surface area contributed by atoms with E-state index in [1.54, 1.807) is 19.3 Å². The highest BCUT2D eigenvalue weighted by molar-refractivity contribution is 6.31. The van der Waals surface area contributed by atoms with Gasteiger partial charge < -0.3 is 15.3 Å². The molecule has 5 rings (SSSR count). The van der Waals surface area contributed by atoms with E-state index < -0.39 is 23.3 Å². The highest BCUT2D eigenvalue weighted by atomic mass is 35.5. The van der Waals surface area contributed by atoms with Gasteiger partial charge in [-0.25, -0.2) is 23.1 Å². The number of alkyl halides is 2. The maximum atomic E-state index is 14.0. The van der Waals surface area contributed by atoms with Gasteiger partial charge in [-0.1, -0.05) is 17.7 Å². The lowest BCUT2D eigenvalue weighted by atomic mass is 9.97. The number of fused-ring (bicyclic) bond motifs is 1. The van der Waals surface area contributed by atoms with Crippen LogP contribution in [0.4, 0.5) is 13.2 Å². The Morgan fingerprint density at radius 2 is 2.00 bits per heavy atom. The van der Waals surface area contributed by atoms with E-state index in [2.05, 4.69) is 15.3 Å². The number of aryl methyl sites for hydroxylation is 1. The van der Waals surface area contributed by atoms with Crippen molar-refractivity contribution in [2.45, 2.75) is 31.9 Å². The Morgan fingerprint density at radius 3 is 2.68 bits per heavy atom. The minimum absolute atomic E-state index is 0.0996. The number of phenolic OH excluding ortho intramolecular Hbond substituents is 1. The van der Waals surface area contributed by atoms with Gasteiger partial charge >= 0.3 is 0 Å². The fourth-order valence-electron chi connectivity index (χ4n) is 4.97. The number of likely N-dealkylation sites (N-methyl/N-ethyl adjacent to an activating group) is 1. The maximum Gasteiger partial charge on any atom is 0.267 e. The Hall–Kier alpha value is -3.47. The summed E-state index contributed by atoms with van der Waals surface area (Å²) < 4.78 is 42.7. The molecule has 1 fully saturated rings. The number of nitrogens with one attached hydrogen (secondary N) is 1. The van der Waals surface area contributed by atoms with Crippen molar-refractivity contribution in [2.24, 2.45) is 0 Å². The van der Waals surface area contributed by atoms with E-state index in [1.165, 1.54) is 12.4 Å². The van der Waals surface area contributed by atoms with Crippen LogP contribution in [0, 0.1) is 12.7 Å². The molecule has 0 radical (unpaired) electrons. The third-order valence-corrected chi connectivity index (χ3v) is 6.77. The Labute approximate surface area is 221 Å². The molecule has 7 nitrogen and oxygen atoms in total. The standard InChI is InChI=1S/C27H25ClF3N5O2/c1-15-3-16(5-17(28)4-15)22-10-32-25-24(23(22)12-35(2)11-19-9-27(30,31)13-33-19)26(38)36(14-34-25)20-6-18(29)7-21(37)8-20/h3-8,10,14,19,33,37H,9,11-13H2,1-2H3/t19-/m0/s1. The molecule has 0 amide bonds. The second kappa shape index (κ2) is 10.0. The van der Waals surface area contributed by atoms with Crippen LogP contribution in [0.3, 0.4) is 0 Å². The molecule has 0 spiro atoms. The molecule has 0 aliphatic carbocycles. The Balaban J connectivity index is 1.66. The van der Waals surface area contributed by atoms with Crippen molar-refractivity contribution in [1.29, 1.82) is 0 Å². The molecule has 0 unspecified atom stereocenters. The van der Waals surface area contributed by atoms with E-state index in [-0.39, 0.29) is 42.0 Å². The normalized spacial score (nSPS) is 17.0. The lowest BCUT2D eigenvalue weighted by molar-refractivity contribution is 0.0201. The molecule has 198 valence electrons. The Morgan fingerprint density at radius 1 is 1.21 bits per heavy atom. The van der Waals surface area contributed by atoms with Gasteiger partial charge in [0, 0.05) is 54.5 Å². The van der Waals surface area contributed by atoms with Crippen molar-refractivity contribution in [3.8, 4) is 22.6 Å². The van der Waals surface area contributed by atoms with Crippen molar-refractivity contribution >= 4 is 22.6 Å². The fraction of sp³-hybridized carbons (Fsp3) is 0.296. The smallest absolute Gasteiger partial charge is 0.267 e. The van der Waals surface area contributed by atoms with Gasteiger partial charge in [0.2, 0.25) is 0 Å². The number of nitrogens with zero attached hydrogens (tertiary/aromatic N) is 4. The summed E-state index contributed by atoms with van der Waals surface area (Å²) in [5.41, 5.74) is 2.63. The monoisotopic (exact) mass is 543 g/mol. The number of pyridine rings is 1. The van der Waals surface area contributed by atoms with E-state index in [9.17, 15) is 23.1 Å². The second-order valence-electron chi connectivity index (χ2n) is 9.79. The third kappa shape index (κ3) is 5.38. The summed E-state index contributed by atoms with van der Waals surface area (Å²) in [6, 6.07) is 8.38. The highest BCUT2D eigenvalue weighted by Gasteiger charge is 2.39. The first-order valence-corrected chi connectivity index (χ1v) is 12.3. The molecule has 38 heavy (non-hydrogen) atoms. The molecule has 2 aromatic carbocycles. The summed E-state index contributed by atoms with van der Waals surface area (Å²) in [5, 5.41) is 13.4. The zero-order valence-corrected chi connectivity index (χ0v) is 21.4. The predicted octanol–water partition coefficient (Wildman–Crippen LogP) is 4.68. The summed E-state index contributed by atoms with van der Waals surface area (Å²) in [4.78, 5) is 24.4. The lowest BCUT2D eigenvalue weighted by Gasteiger charge is -2.23. The first-order valence-electron chi connectivity index (χ1n) is 12.0. The zero-order chi connectivity index (χ0) is 27.2. The number of phenols is 1. The number of aromatic nitrogens is 3. The zero-order valence-electron chi connectivity index (χ0n) is 20.7. The van der Waals surface area contributed by atoms with Crippen molar-refractivity contribution in [1.82, 2.24) is 24.8 Å². The molecule has 2 N–H and O–H groups in total. The van der Waals surface area contributed by atoms with Crippen molar-refractivity contribution in [2.75, 3.05) is 20.1 Å². The van der Waals surface area contributed by atoms with Gasteiger partial charge in [0.15, 0.2) is 5.65 Å². The molecule has 0 bridgehead atoms. The number of benzene rings is 2. The predicted molar refractivity (Wildman–Crippen MR) is 140 cm³/mol. The first kappa shape index (κ1) is 26.1. The van der Waals surface area contributed by atoms with Gasteiger partial charge in [-0.05, 0) is 48.9 Å². The topological polar surface area (TPSA) is 83.3 Å². The number of halogens is 4. The highest BCUT2D eigenvalue weighted by Crippen LogP contribution is 2.32. The molecule has 3 heterocycles. The average Bonchev–Trinajstić information content (AvgIpc) is 3.15. The minimum atomic E-state index is -2.76. The maximum absolute atomic E-state index is 14.0. The van der Waals surface area contributed by atoms with E-state index in [0.29, 0.717) is 22.7 Å². The lowest BCUT2D eigenvalue weighted by Crippen LogP contribution is -2.35. The molecule has 4 aromatic rings. The summed E-state index contributed by atoms with van der Waals surface area (Å²) in [6.07, 6.45) is 2.57. The second-order valence-corrected chi connectivity index (χ2v) is 10.2. The summed E-state index contributed by atoms with van der Waals surface area (Å²) in [7, 11) is 1.79. The molecule has 1 aliphatic heterocycles. The van der Waals surface area contributed by atoms with Crippen LogP contribution < -0.4 is 10.9 Å². The molecule has 0 saturated carbocycles. The molecular weight excluding hydrogens is 519 g/mol. The fourth-order valence-corrected chi connectivity index (χ4v) is 5.26. The van der Waals surface area contributed by atoms with Crippen LogP contribution >= 0.6 is 11.6 Å². The van der Waals surface area contributed by atoms with E-state index in [4.69, 9.17) is 11.6 Å². The molecule has 11 heteroatoms.